The molecule has 24 heavy (non-hydrogen) atoms. The summed E-state index contributed by atoms with van der Waals surface area (Å²) in [6.07, 6.45) is 7.84. The lowest BCUT2D eigenvalue weighted by atomic mass is 9.66. The second kappa shape index (κ2) is 7.31. The van der Waals surface area contributed by atoms with Gasteiger partial charge in [0.2, 0.25) is 11.2 Å². The molecule has 0 spiro atoms. The Labute approximate surface area is 142 Å². The molecule has 0 saturated carbocycles. The molecule has 0 radical (unpaired) electrons. The Hall–Kier alpha value is -2.60. The van der Waals surface area contributed by atoms with Gasteiger partial charge < -0.3 is 14.2 Å². The van der Waals surface area contributed by atoms with E-state index in [0.717, 1.165) is 11.3 Å². The van der Waals surface area contributed by atoms with Crippen LogP contribution in [0, 0.1) is 34.0 Å². The molecule has 0 bridgehead atoms. The third kappa shape index (κ3) is 2.80. The fraction of sp³-hybridized carbons (Fsp3) is 0.368. The van der Waals surface area contributed by atoms with E-state index in [0.29, 0.717) is 6.42 Å². The van der Waals surface area contributed by atoms with Crippen molar-refractivity contribution in [2.45, 2.75) is 12.2 Å². The van der Waals surface area contributed by atoms with Gasteiger partial charge in [-0.3, -0.25) is 0 Å². The fourth-order valence-corrected chi connectivity index (χ4v) is 2.99. The minimum absolute atomic E-state index is 0.362. The van der Waals surface area contributed by atoms with Crippen molar-refractivity contribution in [2.24, 2.45) is 11.3 Å². The van der Waals surface area contributed by atoms with Crippen LogP contribution in [-0.2, 0) is 9.47 Å². The number of hydrogen-bond donors (Lipinski definition) is 0. The molecule has 0 N–H and O–H groups in total. The summed E-state index contributed by atoms with van der Waals surface area (Å²) in [5.74, 6) is -0.975. The molecule has 0 aliphatic heterocycles. The maximum absolute atomic E-state index is 9.76. The van der Waals surface area contributed by atoms with Crippen molar-refractivity contribution >= 4 is 6.08 Å². The van der Waals surface area contributed by atoms with Crippen molar-refractivity contribution < 1.29 is 14.2 Å². The van der Waals surface area contributed by atoms with Gasteiger partial charge in [0.25, 0.3) is 0 Å². The monoisotopic (exact) mass is 324 g/mol. The Balaban J connectivity index is 2.38. The Morgan fingerprint density at radius 3 is 2.21 bits per heavy atom. The van der Waals surface area contributed by atoms with Gasteiger partial charge in [0.1, 0.15) is 5.75 Å². The first-order valence-corrected chi connectivity index (χ1v) is 7.54. The number of ether oxygens (including phenoxy) is 3. The second-order valence-electron chi connectivity index (χ2n) is 5.48. The first-order valence-electron chi connectivity index (χ1n) is 7.54. The number of benzene rings is 1. The molecule has 0 heterocycles. The lowest BCUT2D eigenvalue weighted by molar-refractivity contribution is -0.223. The van der Waals surface area contributed by atoms with E-state index in [1.54, 1.807) is 13.2 Å². The van der Waals surface area contributed by atoms with Gasteiger partial charge >= 0.3 is 0 Å². The zero-order valence-corrected chi connectivity index (χ0v) is 14.0. The summed E-state index contributed by atoms with van der Waals surface area (Å²) in [5.41, 5.74) is -0.510. The molecule has 0 amide bonds. The van der Waals surface area contributed by atoms with E-state index in [9.17, 15) is 10.5 Å². The van der Waals surface area contributed by atoms with Crippen LogP contribution < -0.4 is 4.74 Å². The van der Waals surface area contributed by atoms with Crippen LogP contribution in [0.2, 0.25) is 0 Å². The Morgan fingerprint density at radius 2 is 1.71 bits per heavy atom. The van der Waals surface area contributed by atoms with Gasteiger partial charge in [-0.2, -0.15) is 10.5 Å². The quantitative estimate of drug-likeness (QED) is 0.613. The van der Waals surface area contributed by atoms with Gasteiger partial charge in [-0.15, -0.1) is 0 Å². The van der Waals surface area contributed by atoms with Crippen molar-refractivity contribution in [3.63, 3.8) is 0 Å². The molecule has 0 fully saturated rings. The highest BCUT2D eigenvalue weighted by atomic mass is 16.7. The molecule has 0 unspecified atom stereocenters. The largest absolute Gasteiger partial charge is 0.497 e. The predicted molar refractivity (Wildman–Crippen MR) is 89.7 cm³/mol. The summed E-state index contributed by atoms with van der Waals surface area (Å²) in [6, 6.07) is 11.8. The van der Waals surface area contributed by atoms with E-state index < -0.39 is 11.2 Å². The van der Waals surface area contributed by atoms with Crippen LogP contribution in [0.3, 0.4) is 0 Å². The van der Waals surface area contributed by atoms with Crippen molar-refractivity contribution in [3.05, 3.63) is 48.1 Å². The van der Waals surface area contributed by atoms with Crippen LogP contribution in [0.15, 0.2) is 42.5 Å². The van der Waals surface area contributed by atoms with Crippen LogP contribution in [0.1, 0.15) is 12.0 Å². The first-order chi connectivity index (χ1) is 11.6. The highest BCUT2D eigenvalue weighted by Crippen LogP contribution is 2.47. The molecule has 5 heteroatoms. The Kier molecular flexibility index (Phi) is 5.41. The van der Waals surface area contributed by atoms with Crippen LogP contribution in [0.5, 0.6) is 5.75 Å². The Morgan fingerprint density at radius 1 is 1.08 bits per heavy atom. The predicted octanol–water partition coefficient (Wildman–Crippen LogP) is 3.31. The topological polar surface area (TPSA) is 75.3 Å². The van der Waals surface area contributed by atoms with Crippen LogP contribution in [0.25, 0.3) is 6.08 Å². The van der Waals surface area contributed by atoms with Gasteiger partial charge in [0.05, 0.1) is 19.2 Å². The van der Waals surface area contributed by atoms with Crippen LogP contribution in [-0.4, -0.2) is 27.1 Å². The summed E-state index contributed by atoms with van der Waals surface area (Å²) in [4.78, 5) is 0. The maximum Gasteiger partial charge on any atom is 0.220 e. The minimum Gasteiger partial charge on any atom is -0.497 e. The fourth-order valence-electron chi connectivity index (χ4n) is 2.99. The number of rotatable bonds is 5. The van der Waals surface area contributed by atoms with Crippen molar-refractivity contribution in [3.8, 4) is 17.9 Å². The van der Waals surface area contributed by atoms with Crippen LogP contribution in [0.4, 0.5) is 0 Å². The molecular formula is C19H20N2O3. The average Bonchev–Trinajstić information content (AvgIpc) is 2.66. The molecular weight excluding hydrogens is 304 g/mol. The molecule has 1 atom stereocenters. The summed E-state index contributed by atoms with van der Waals surface area (Å²) in [5, 5.41) is 19.5. The van der Waals surface area contributed by atoms with Crippen molar-refractivity contribution in [1.82, 2.24) is 0 Å². The van der Waals surface area contributed by atoms with Gasteiger partial charge in [-0.05, 0) is 30.2 Å². The summed E-state index contributed by atoms with van der Waals surface area (Å²) >= 11 is 0. The van der Waals surface area contributed by atoms with Gasteiger partial charge in [-0.1, -0.05) is 30.4 Å². The highest BCUT2D eigenvalue weighted by molar-refractivity contribution is 5.52. The van der Waals surface area contributed by atoms with E-state index >= 15 is 0 Å². The normalized spacial score (nSPS) is 21.1. The smallest absolute Gasteiger partial charge is 0.220 e. The van der Waals surface area contributed by atoms with E-state index in [-0.39, 0.29) is 5.92 Å². The molecule has 0 saturated heterocycles. The number of nitriles is 2. The number of allylic oxidation sites excluding steroid dienone is 2. The lowest BCUT2D eigenvalue weighted by Crippen LogP contribution is -2.53. The van der Waals surface area contributed by atoms with E-state index in [1.807, 2.05) is 42.5 Å². The number of hydrogen-bond acceptors (Lipinski definition) is 5. The van der Waals surface area contributed by atoms with E-state index in [4.69, 9.17) is 14.2 Å². The van der Waals surface area contributed by atoms with Crippen molar-refractivity contribution in [1.29, 1.82) is 10.5 Å². The number of nitrogens with zero attached hydrogens (tertiary/aromatic N) is 2. The third-order valence-corrected chi connectivity index (χ3v) is 4.43. The lowest BCUT2D eigenvalue weighted by Gasteiger charge is -2.43. The van der Waals surface area contributed by atoms with Gasteiger partial charge in [0, 0.05) is 20.1 Å². The molecule has 1 aliphatic carbocycles. The van der Waals surface area contributed by atoms with Crippen molar-refractivity contribution in [2.75, 3.05) is 21.3 Å². The van der Waals surface area contributed by atoms with Crippen LogP contribution >= 0.6 is 0 Å². The average molecular weight is 324 g/mol. The van der Waals surface area contributed by atoms with Gasteiger partial charge in [-0.25, -0.2) is 0 Å². The molecule has 1 aliphatic rings. The molecule has 5 nitrogen and oxygen atoms in total. The summed E-state index contributed by atoms with van der Waals surface area (Å²) < 4.78 is 16.0. The molecule has 124 valence electrons. The van der Waals surface area contributed by atoms with E-state index in [1.165, 1.54) is 14.2 Å². The second-order valence-corrected chi connectivity index (χ2v) is 5.48. The standard InChI is InChI=1S/C19H20N2O3/c1-22-17-10-7-15(8-11-17)6-9-16-5-4-12-19(23-2,24-3)18(16,13-20)14-21/h4,6-12,16H,5H2,1-3H3/b9-6-/t16-/m1/s1. The third-order valence-electron chi connectivity index (χ3n) is 4.43. The summed E-state index contributed by atoms with van der Waals surface area (Å²) in [6.45, 7) is 0. The SMILES string of the molecule is COc1ccc(/C=C\[C@H]2CC=CC(OC)(OC)C2(C#N)C#N)cc1. The number of methoxy groups -OCH3 is 3. The first kappa shape index (κ1) is 17.7. The molecule has 1 aromatic carbocycles. The maximum atomic E-state index is 9.76. The minimum atomic E-state index is -1.46. The zero-order chi connectivity index (χ0) is 17.6. The zero-order valence-electron chi connectivity index (χ0n) is 14.0. The highest BCUT2D eigenvalue weighted by Gasteiger charge is 2.58. The van der Waals surface area contributed by atoms with Gasteiger partial charge in [0.15, 0.2) is 0 Å². The Bertz CT molecular complexity index is 690. The molecule has 2 rings (SSSR count). The molecule has 1 aromatic rings. The summed E-state index contributed by atoms with van der Waals surface area (Å²) in [7, 11) is 4.49. The van der Waals surface area contributed by atoms with E-state index in [2.05, 4.69) is 12.1 Å². The molecule has 0 aromatic heterocycles.